The Morgan fingerprint density at radius 3 is 1.95 bits per heavy atom. The number of nitrogens with zero attached hydrogens (tertiary/aromatic N) is 7. The topological polar surface area (TPSA) is 75.7 Å². The van der Waals surface area contributed by atoms with E-state index in [0.29, 0.717) is 17.5 Å². The summed E-state index contributed by atoms with van der Waals surface area (Å²) in [5.41, 5.74) is 1.93. The van der Waals surface area contributed by atoms with Gasteiger partial charge in [-0.1, -0.05) is 25.4 Å². The summed E-state index contributed by atoms with van der Waals surface area (Å²) in [6.07, 6.45) is 1.81. The fourth-order valence-electron chi connectivity index (χ4n) is 5.06. The minimum Gasteiger partial charge on any atom is -0.383 e. The highest BCUT2D eigenvalue weighted by Gasteiger charge is 2.22. The molecule has 10 heteroatoms. The van der Waals surface area contributed by atoms with E-state index in [1.807, 2.05) is 30.5 Å². The summed E-state index contributed by atoms with van der Waals surface area (Å²) >= 11 is 6.14. The summed E-state index contributed by atoms with van der Waals surface area (Å²) in [6, 6.07) is 9.98. The van der Waals surface area contributed by atoms with E-state index in [0.717, 1.165) is 100 Å². The molecule has 0 radical (unpaired) electrons. The third-order valence-electron chi connectivity index (χ3n) is 7.41. The first-order valence-electron chi connectivity index (χ1n) is 13.5. The molecule has 0 saturated carbocycles. The quantitative estimate of drug-likeness (QED) is 0.410. The molecule has 2 N–H and O–H groups in total. The molecule has 0 atom stereocenters. The number of halogens is 1. The van der Waals surface area contributed by atoms with Crippen molar-refractivity contribution >= 4 is 45.8 Å². The van der Waals surface area contributed by atoms with E-state index in [9.17, 15) is 0 Å². The molecule has 2 saturated heterocycles. The Morgan fingerprint density at radius 1 is 0.757 bits per heavy atom. The molecule has 2 aliphatic heterocycles. The van der Waals surface area contributed by atoms with Gasteiger partial charge in [0, 0.05) is 93.8 Å². The molecule has 0 unspecified atom stereocenters. The maximum atomic E-state index is 6.14. The fraction of sp³-hybridized carbons (Fsp3) is 0.519. The summed E-state index contributed by atoms with van der Waals surface area (Å²) < 4.78 is 0. The van der Waals surface area contributed by atoms with Crippen molar-refractivity contribution in [3.63, 3.8) is 0 Å². The van der Waals surface area contributed by atoms with Gasteiger partial charge in [0.25, 0.3) is 0 Å². The average molecular weight is 524 g/mol. The molecule has 0 amide bonds. The molecule has 2 aliphatic rings. The van der Waals surface area contributed by atoms with Gasteiger partial charge < -0.3 is 30.2 Å². The summed E-state index contributed by atoms with van der Waals surface area (Å²) in [4.78, 5) is 24.1. The van der Waals surface area contributed by atoms with Crippen molar-refractivity contribution < 1.29 is 0 Å². The molecule has 0 bridgehead atoms. The van der Waals surface area contributed by atoms with Gasteiger partial charge in [-0.3, -0.25) is 4.98 Å². The zero-order chi connectivity index (χ0) is 25.6. The van der Waals surface area contributed by atoms with E-state index in [1.165, 1.54) is 0 Å². The lowest BCUT2D eigenvalue weighted by molar-refractivity contribution is 0.269. The predicted molar refractivity (Wildman–Crippen MR) is 154 cm³/mol. The third-order valence-corrected chi connectivity index (χ3v) is 7.65. The van der Waals surface area contributed by atoms with Gasteiger partial charge in [-0.05, 0) is 37.4 Å². The van der Waals surface area contributed by atoms with E-state index in [2.05, 4.69) is 55.1 Å². The van der Waals surface area contributed by atoms with Gasteiger partial charge in [-0.25, -0.2) is 0 Å². The third kappa shape index (κ3) is 6.34. The number of aromatic nitrogens is 3. The molecule has 0 spiro atoms. The minimum absolute atomic E-state index is 0.691. The number of hydrogen-bond acceptors (Lipinski definition) is 9. The lowest BCUT2D eigenvalue weighted by Crippen LogP contribution is -2.47. The van der Waals surface area contributed by atoms with Crippen LogP contribution in [0, 0.1) is 0 Å². The molecule has 2 fully saturated rings. The second kappa shape index (κ2) is 12.1. The van der Waals surface area contributed by atoms with Gasteiger partial charge in [-0.15, -0.1) is 0 Å². The number of fused-ring (bicyclic) bond motifs is 1. The highest BCUT2D eigenvalue weighted by atomic mass is 35.5. The molecule has 198 valence electrons. The Kier molecular flexibility index (Phi) is 8.43. The largest absolute Gasteiger partial charge is 0.383 e. The van der Waals surface area contributed by atoms with Gasteiger partial charge in [0.05, 0.1) is 5.52 Å². The van der Waals surface area contributed by atoms with E-state index < -0.39 is 0 Å². The number of nitrogens with one attached hydrogen (secondary N) is 2. The standard InChI is InChI=1S/C27H38ClN9/c1-3-34-11-15-36(16-12-34)25-20-26(37-17-13-35(4-2)14-18-37)33-27(32-25)31-10-9-30-23-7-8-29-24-19-21(28)5-6-22(23)24/h5-8,19-20H,3-4,9-18H2,1-2H3,(H,29,30)(H,31,32,33). The minimum atomic E-state index is 0.691. The Morgan fingerprint density at radius 2 is 1.35 bits per heavy atom. The summed E-state index contributed by atoms with van der Waals surface area (Å²) in [6.45, 7) is 16.4. The number of anilines is 4. The van der Waals surface area contributed by atoms with Gasteiger partial charge >= 0.3 is 0 Å². The van der Waals surface area contributed by atoms with Crippen LogP contribution in [0.5, 0.6) is 0 Å². The zero-order valence-electron chi connectivity index (χ0n) is 22.0. The van der Waals surface area contributed by atoms with Crippen LogP contribution in [0.3, 0.4) is 0 Å². The number of rotatable bonds is 9. The van der Waals surface area contributed by atoms with Crippen molar-refractivity contribution in [2.24, 2.45) is 0 Å². The second-order valence-corrected chi connectivity index (χ2v) is 10.1. The Balaban J connectivity index is 1.27. The number of benzene rings is 1. The first-order chi connectivity index (χ1) is 18.1. The van der Waals surface area contributed by atoms with E-state index in [1.54, 1.807) is 0 Å². The Labute approximate surface area is 224 Å². The first-order valence-corrected chi connectivity index (χ1v) is 13.9. The van der Waals surface area contributed by atoms with Crippen molar-refractivity contribution in [2.75, 3.05) is 99.0 Å². The lowest BCUT2D eigenvalue weighted by atomic mass is 10.2. The highest BCUT2D eigenvalue weighted by Crippen LogP contribution is 2.25. The van der Waals surface area contributed by atoms with Crippen LogP contribution in [0.15, 0.2) is 36.5 Å². The van der Waals surface area contributed by atoms with Crippen molar-refractivity contribution in [3.8, 4) is 0 Å². The smallest absolute Gasteiger partial charge is 0.226 e. The number of hydrogen-bond donors (Lipinski definition) is 2. The fourth-order valence-corrected chi connectivity index (χ4v) is 5.22. The molecule has 4 heterocycles. The van der Waals surface area contributed by atoms with Crippen LogP contribution >= 0.6 is 11.6 Å². The molecule has 1 aromatic carbocycles. The van der Waals surface area contributed by atoms with Crippen LogP contribution in [0.2, 0.25) is 5.02 Å². The van der Waals surface area contributed by atoms with Crippen LogP contribution in [0.25, 0.3) is 10.9 Å². The highest BCUT2D eigenvalue weighted by molar-refractivity contribution is 6.31. The summed E-state index contributed by atoms with van der Waals surface area (Å²) in [5.74, 6) is 2.73. The first kappa shape index (κ1) is 25.8. The van der Waals surface area contributed by atoms with Crippen LogP contribution < -0.4 is 20.4 Å². The van der Waals surface area contributed by atoms with Crippen LogP contribution in [0.4, 0.5) is 23.3 Å². The van der Waals surface area contributed by atoms with E-state index in [-0.39, 0.29) is 0 Å². The van der Waals surface area contributed by atoms with Crippen LogP contribution in [-0.4, -0.2) is 103 Å². The molecule has 9 nitrogen and oxygen atoms in total. The normalized spacial score (nSPS) is 17.4. The van der Waals surface area contributed by atoms with E-state index in [4.69, 9.17) is 21.6 Å². The molecule has 5 rings (SSSR count). The molecular formula is C27H38ClN9. The molecule has 2 aromatic heterocycles. The van der Waals surface area contributed by atoms with Crippen LogP contribution in [-0.2, 0) is 0 Å². The lowest BCUT2D eigenvalue weighted by Gasteiger charge is -2.37. The molecule has 0 aliphatic carbocycles. The summed E-state index contributed by atoms with van der Waals surface area (Å²) in [7, 11) is 0. The van der Waals surface area contributed by atoms with Crippen molar-refractivity contribution in [2.45, 2.75) is 13.8 Å². The molecule has 37 heavy (non-hydrogen) atoms. The predicted octanol–water partition coefficient (Wildman–Crippen LogP) is 3.49. The number of piperazine rings is 2. The molecular weight excluding hydrogens is 486 g/mol. The SMILES string of the molecule is CCN1CCN(c2cc(N3CCN(CC)CC3)nc(NCCNc3ccnc4cc(Cl)ccc34)n2)CC1. The number of likely N-dealkylation sites (N-methyl/N-ethyl adjacent to an activating group) is 2. The maximum Gasteiger partial charge on any atom is 0.226 e. The van der Waals surface area contributed by atoms with Crippen molar-refractivity contribution in [3.05, 3.63) is 41.6 Å². The number of pyridine rings is 1. The van der Waals surface area contributed by atoms with Crippen LogP contribution in [0.1, 0.15) is 13.8 Å². The Hall–Kier alpha value is -2.88. The van der Waals surface area contributed by atoms with Gasteiger partial charge in [0.15, 0.2) is 0 Å². The van der Waals surface area contributed by atoms with Gasteiger partial charge in [-0.2, -0.15) is 9.97 Å². The second-order valence-electron chi connectivity index (χ2n) is 9.62. The Bertz CT molecular complexity index is 1130. The van der Waals surface area contributed by atoms with Crippen molar-refractivity contribution in [1.29, 1.82) is 0 Å². The monoisotopic (exact) mass is 523 g/mol. The van der Waals surface area contributed by atoms with E-state index >= 15 is 0 Å². The average Bonchev–Trinajstić information content (AvgIpc) is 2.95. The maximum absolute atomic E-state index is 6.14. The summed E-state index contributed by atoms with van der Waals surface area (Å²) in [5, 5.41) is 8.75. The van der Waals surface area contributed by atoms with Gasteiger partial charge in [0.1, 0.15) is 11.6 Å². The molecule has 3 aromatic rings. The van der Waals surface area contributed by atoms with Gasteiger partial charge in [0.2, 0.25) is 5.95 Å². The van der Waals surface area contributed by atoms with Crippen molar-refractivity contribution in [1.82, 2.24) is 24.8 Å². The zero-order valence-corrected chi connectivity index (χ0v) is 22.7.